The molecule has 1 fully saturated rings. The number of allylic oxidation sites excluding steroid dienone is 1. The van der Waals surface area contributed by atoms with Crippen LogP contribution in [0.3, 0.4) is 0 Å². The lowest BCUT2D eigenvalue weighted by Gasteiger charge is -2.52. The molecule has 48 heavy (non-hydrogen) atoms. The van der Waals surface area contributed by atoms with Crippen molar-refractivity contribution in [2.45, 2.75) is 76.9 Å². The molecule has 0 N–H and O–H groups in total. The minimum absolute atomic E-state index is 0.0547. The lowest BCUT2D eigenvalue weighted by atomic mass is 9.67. The van der Waals surface area contributed by atoms with Gasteiger partial charge < -0.3 is 9.33 Å². The van der Waals surface area contributed by atoms with Gasteiger partial charge in [0.1, 0.15) is 5.82 Å². The van der Waals surface area contributed by atoms with E-state index in [0.717, 1.165) is 11.1 Å². The van der Waals surface area contributed by atoms with Crippen molar-refractivity contribution in [3.63, 3.8) is 0 Å². The number of amides is 1. The summed E-state index contributed by atoms with van der Waals surface area (Å²) in [7, 11) is -2.78. The van der Waals surface area contributed by atoms with Crippen LogP contribution in [-0.2, 0) is 9.22 Å². The van der Waals surface area contributed by atoms with E-state index in [2.05, 4.69) is 82.8 Å². The molecule has 0 radical (unpaired) electrons. The maximum Gasteiger partial charge on any atom is 0.261 e. The summed E-state index contributed by atoms with van der Waals surface area (Å²) in [4.78, 5) is 16.7. The van der Waals surface area contributed by atoms with Gasteiger partial charge in [0.25, 0.3) is 8.32 Å². The second-order valence-electron chi connectivity index (χ2n) is 14.4. The van der Waals surface area contributed by atoms with E-state index in [9.17, 15) is 9.18 Å². The third kappa shape index (κ3) is 7.21. The van der Waals surface area contributed by atoms with Gasteiger partial charge >= 0.3 is 0 Å². The van der Waals surface area contributed by atoms with Gasteiger partial charge in [0.2, 0.25) is 5.91 Å². The third-order valence-corrected chi connectivity index (χ3v) is 15.5. The molecule has 0 aliphatic carbocycles. The SMILES string of the molecule is C=CC[C@@]1(C)C[C@H](c2cc(F)cc(Cl)c2)[C@@H](c2ccc(Cl)cc2)N([C@@H](C)CCO[Si](c2ccccc2)(c2ccccc2)C(C)(C)C)C1=O. The molecule has 1 saturated heterocycles. The van der Waals surface area contributed by atoms with Gasteiger partial charge in [-0.05, 0) is 83.1 Å². The van der Waals surface area contributed by atoms with E-state index in [1.165, 1.54) is 16.4 Å². The zero-order valence-corrected chi connectivity index (χ0v) is 31.1. The van der Waals surface area contributed by atoms with Gasteiger partial charge in [0.15, 0.2) is 0 Å². The Balaban J connectivity index is 1.56. The molecule has 4 aromatic rings. The molecule has 1 aliphatic heterocycles. The largest absolute Gasteiger partial charge is 0.407 e. The summed E-state index contributed by atoms with van der Waals surface area (Å²) < 4.78 is 22.1. The van der Waals surface area contributed by atoms with Gasteiger partial charge in [-0.25, -0.2) is 4.39 Å². The quantitative estimate of drug-likeness (QED) is 0.115. The monoisotopic (exact) mass is 701 g/mol. The Labute approximate surface area is 296 Å². The molecule has 0 unspecified atom stereocenters. The van der Waals surface area contributed by atoms with Crippen LogP contribution in [0.5, 0.6) is 0 Å². The predicted molar refractivity (Wildman–Crippen MR) is 200 cm³/mol. The first-order valence-electron chi connectivity index (χ1n) is 16.7. The maximum absolute atomic E-state index is 14.9. The Morgan fingerprint density at radius 3 is 2.04 bits per heavy atom. The first-order valence-corrected chi connectivity index (χ1v) is 19.4. The predicted octanol–water partition coefficient (Wildman–Crippen LogP) is 10.1. The molecule has 4 aromatic carbocycles. The highest BCUT2D eigenvalue weighted by atomic mass is 35.5. The molecular weight excluding hydrogens is 656 g/mol. The Bertz CT molecular complexity index is 1650. The van der Waals surface area contributed by atoms with Crippen molar-refractivity contribution in [3.8, 4) is 0 Å². The van der Waals surface area contributed by atoms with Gasteiger partial charge in [0, 0.05) is 28.6 Å². The molecule has 1 aliphatic rings. The van der Waals surface area contributed by atoms with Crippen LogP contribution in [0.15, 0.2) is 116 Å². The van der Waals surface area contributed by atoms with Crippen molar-refractivity contribution >= 4 is 47.8 Å². The summed E-state index contributed by atoms with van der Waals surface area (Å²) in [5.41, 5.74) is 0.975. The van der Waals surface area contributed by atoms with E-state index in [4.69, 9.17) is 27.6 Å². The molecule has 3 nitrogen and oxygen atoms in total. The number of piperidine rings is 1. The van der Waals surface area contributed by atoms with E-state index < -0.39 is 19.5 Å². The molecule has 0 saturated carbocycles. The van der Waals surface area contributed by atoms with Crippen molar-refractivity contribution in [1.82, 2.24) is 4.90 Å². The summed E-state index contributed by atoms with van der Waals surface area (Å²) in [6.07, 6.45) is 3.44. The zero-order chi connectivity index (χ0) is 34.7. The first-order chi connectivity index (χ1) is 22.8. The van der Waals surface area contributed by atoms with Crippen molar-refractivity contribution in [3.05, 3.63) is 143 Å². The molecule has 7 heteroatoms. The molecular formula is C41H46Cl2FNO2Si. The van der Waals surface area contributed by atoms with Crippen molar-refractivity contribution in [2.24, 2.45) is 5.41 Å². The van der Waals surface area contributed by atoms with Crippen LogP contribution in [0.1, 0.15) is 77.0 Å². The average Bonchev–Trinajstić information content (AvgIpc) is 3.04. The van der Waals surface area contributed by atoms with Crippen LogP contribution >= 0.6 is 23.2 Å². The Hall–Kier alpha value is -3.22. The van der Waals surface area contributed by atoms with Crippen LogP contribution in [0.25, 0.3) is 0 Å². The molecule has 252 valence electrons. The van der Waals surface area contributed by atoms with E-state index >= 15 is 0 Å². The molecule has 0 bridgehead atoms. The smallest absolute Gasteiger partial charge is 0.261 e. The molecule has 4 atom stereocenters. The van der Waals surface area contributed by atoms with Gasteiger partial charge in [-0.15, -0.1) is 6.58 Å². The standard InChI is InChI=1S/C41H46Cl2FNO2Si/c1-7-23-41(6)28-37(31-25-33(43)27-34(44)26-31)38(30-18-20-32(42)21-19-30)45(39(41)46)29(2)22-24-47-48(40(3,4)5,35-14-10-8-11-15-35)36-16-12-9-13-17-36/h7-21,25-27,29,37-38H,1,22-24,28H2,2-6H3/t29-,37+,38+,41-/m0/s1. The van der Waals surface area contributed by atoms with Gasteiger partial charge in [-0.3, -0.25) is 4.79 Å². The second-order valence-corrected chi connectivity index (χ2v) is 19.6. The fraction of sp³-hybridized carbons (Fsp3) is 0.341. The second kappa shape index (κ2) is 14.7. The normalized spacial score (nSPS) is 20.8. The lowest BCUT2D eigenvalue weighted by Crippen LogP contribution is -2.66. The number of hydrogen-bond acceptors (Lipinski definition) is 2. The number of halogens is 3. The number of rotatable bonds is 11. The molecule has 1 heterocycles. The average molecular weight is 703 g/mol. The number of carbonyl (C=O) groups excluding carboxylic acids is 1. The zero-order valence-electron chi connectivity index (χ0n) is 28.6. The summed E-state index contributed by atoms with van der Waals surface area (Å²) in [5, 5.41) is 3.20. The molecule has 0 spiro atoms. The summed E-state index contributed by atoms with van der Waals surface area (Å²) >= 11 is 12.8. The van der Waals surface area contributed by atoms with E-state index in [1.54, 1.807) is 6.07 Å². The molecule has 0 aromatic heterocycles. The molecule has 5 rings (SSSR count). The number of nitrogens with zero attached hydrogens (tertiary/aromatic N) is 1. The van der Waals surface area contributed by atoms with E-state index in [1.807, 2.05) is 60.4 Å². The van der Waals surface area contributed by atoms with Crippen molar-refractivity contribution in [2.75, 3.05) is 6.61 Å². The number of carbonyl (C=O) groups is 1. The van der Waals surface area contributed by atoms with Crippen molar-refractivity contribution < 1.29 is 13.6 Å². The number of benzene rings is 4. The fourth-order valence-electron chi connectivity index (χ4n) is 7.71. The Morgan fingerprint density at radius 1 is 0.938 bits per heavy atom. The van der Waals surface area contributed by atoms with Gasteiger partial charge in [0.05, 0.1) is 11.5 Å². The number of hydrogen-bond donors (Lipinski definition) is 0. The lowest BCUT2D eigenvalue weighted by molar-refractivity contribution is -0.154. The molecule has 1 amide bonds. The van der Waals surface area contributed by atoms with E-state index in [-0.39, 0.29) is 28.9 Å². The first kappa shape index (κ1) is 36.1. The fourth-order valence-corrected chi connectivity index (χ4v) is 12.6. The van der Waals surface area contributed by atoms with Crippen LogP contribution in [0.2, 0.25) is 15.1 Å². The highest BCUT2D eigenvalue weighted by Gasteiger charge is 2.52. The van der Waals surface area contributed by atoms with Crippen LogP contribution < -0.4 is 10.4 Å². The summed E-state index contributed by atoms with van der Waals surface area (Å²) in [6, 6.07) is 33.0. The summed E-state index contributed by atoms with van der Waals surface area (Å²) in [6.45, 7) is 15.4. The third-order valence-electron chi connectivity index (χ3n) is 9.97. The summed E-state index contributed by atoms with van der Waals surface area (Å²) in [5.74, 6) is -0.561. The minimum atomic E-state index is -2.78. The minimum Gasteiger partial charge on any atom is -0.407 e. The van der Waals surface area contributed by atoms with Crippen LogP contribution in [0.4, 0.5) is 4.39 Å². The maximum atomic E-state index is 14.9. The van der Waals surface area contributed by atoms with Gasteiger partial charge in [-0.2, -0.15) is 0 Å². The van der Waals surface area contributed by atoms with Gasteiger partial charge in [-0.1, -0.05) is 130 Å². The van der Waals surface area contributed by atoms with Crippen molar-refractivity contribution in [1.29, 1.82) is 0 Å². The van der Waals surface area contributed by atoms with Crippen LogP contribution in [0, 0.1) is 11.2 Å². The topological polar surface area (TPSA) is 29.5 Å². The highest BCUT2D eigenvalue weighted by Crippen LogP contribution is 2.52. The highest BCUT2D eigenvalue weighted by molar-refractivity contribution is 6.99. The Kier molecular flexibility index (Phi) is 11.1. The van der Waals surface area contributed by atoms with Crippen LogP contribution in [-0.4, -0.2) is 31.8 Å². The van der Waals surface area contributed by atoms with E-state index in [0.29, 0.717) is 35.9 Å². The Morgan fingerprint density at radius 2 is 1.52 bits per heavy atom. The number of likely N-dealkylation sites (tertiary alicyclic amines) is 1.